The molecule has 0 bridgehead atoms. The summed E-state index contributed by atoms with van der Waals surface area (Å²) in [5.74, 6) is 0.726. The number of aromatic nitrogens is 1. The maximum atomic E-state index is 4.11. The summed E-state index contributed by atoms with van der Waals surface area (Å²) in [5.41, 5.74) is 2.23. The van der Waals surface area contributed by atoms with Crippen molar-refractivity contribution in [2.24, 2.45) is 11.3 Å². The zero-order valence-electron chi connectivity index (χ0n) is 10.2. The molecule has 3 heteroatoms. The van der Waals surface area contributed by atoms with Gasteiger partial charge in [-0.25, -0.2) is 0 Å². The maximum absolute atomic E-state index is 4.11. The van der Waals surface area contributed by atoms with Crippen molar-refractivity contribution in [2.45, 2.75) is 34.1 Å². The largest absolute Gasteiger partial charge is 0.316 e. The molecule has 86 valence electrons. The molecule has 15 heavy (non-hydrogen) atoms. The van der Waals surface area contributed by atoms with Gasteiger partial charge in [-0.2, -0.15) is 0 Å². The first kappa shape index (κ1) is 12.7. The van der Waals surface area contributed by atoms with Crippen LogP contribution in [0.5, 0.6) is 0 Å². The summed E-state index contributed by atoms with van der Waals surface area (Å²) in [6.45, 7) is 11.3. The fraction of sp³-hybridized carbons (Fsp3) is 0.750. The molecule has 0 aliphatic rings. The first-order valence-electron chi connectivity index (χ1n) is 5.58. The van der Waals surface area contributed by atoms with Gasteiger partial charge in [0.2, 0.25) is 0 Å². The van der Waals surface area contributed by atoms with Crippen LogP contribution in [0.15, 0.2) is 11.7 Å². The van der Waals surface area contributed by atoms with Crippen LogP contribution in [0.2, 0.25) is 0 Å². The minimum absolute atomic E-state index is 0.321. The summed E-state index contributed by atoms with van der Waals surface area (Å²) < 4.78 is 0. The zero-order valence-corrected chi connectivity index (χ0v) is 11.0. The number of thiazole rings is 1. The third kappa shape index (κ3) is 5.28. The Morgan fingerprint density at radius 2 is 2.20 bits per heavy atom. The van der Waals surface area contributed by atoms with E-state index in [4.69, 9.17) is 0 Å². The highest BCUT2D eigenvalue weighted by molar-refractivity contribution is 7.09. The Hall–Kier alpha value is -0.410. The van der Waals surface area contributed by atoms with E-state index in [-0.39, 0.29) is 0 Å². The molecular formula is C12H22N2S. The molecule has 0 aliphatic heterocycles. The van der Waals surface area contributed by atoms with E-state index in [1.54, 1.807) is 11.3 Å². The zero-order chi connectivity index (χ0) is 11.3. The third-order valence-electron chi connectivity index (χ3n) is 2.29. The van der Waals surface area contributed by atoms with E-state index in [1.165, 1.54) is 4.88 Å². The van der Waals surface area contributed by atoms with Crippen molar-refractivity contribution in [3.8, 4) is 0 Å². The SMILES string of the molecule is CC(C)CNCC(C)(C)Cc1cncs1. The monoisotopic (exact) mass is 226 g/mol. The normalized spacial score (nSPS) is 12.3. The molecule has 0 saturated heterocycles. The Kier molecular flexibility index (Phi) is 4.74. The van der Waals surface area contributed by atoms with E-state index in [0.717, 1.165) is 25.4 Å². The molecule has 1 N–H and O–H groups in total. The maximum Gasteiger partial charge on any atom is 0.0794 e. The van der Waals surface area contributed by atoms with Crippen molar-refractivity contribution in [2.75, 3.05) is 13.1 Å². The van der Waals surface area contributed by atoms with Crippen molar-refractivity contribution < 1.29 is 0 Å². The highest BCUT2D eigenvalue weighted by Gasteiger charge is 2.18. The van der Waals surface area contributed by atoms with E-state index in [0.29, 0.717) is 5.41 Å². The molecule has 0 aromatic carbocycles. The van der Waals surface area contributed by atoms with Crippen molar-refractivity contribution in [1.29, 1.82) is 0 Å². The molecule has 0 radical (unpaired) electrons. The highest BCUT2D eigenvalue weighted by Crippen LogP contribution is 2.22. The average Bonchev–Trinajstić information content (AvgIpc) is 2.54. The van der Waals surface area contributed by atoms with E-state index in [2.05, 4.69) is 38.0 Å². The highest BCUT2D eigenvalue weighted by atomic mass is 32.1. The van der Waals surface area contributed by atoms with Crippen LogP contribution in [0.25, 0.3) is 0 Å². The lowest BCUT2D eigenvalue weighted by Gasteiger charge is -2.24. The summed E-state index contributed by atoms with van der Waals surface area (Å²) in [4.78, 5) is 5.49. The Morgan fingerprint density at radius 1 is 1.47 bits per heavy atom. The molecule has 0 aliphatic carbocycles. The lowest BCUT2D eigenvalue weighted by molar-refractivity contribution is 0.332. The van der Waals surface area contributed by atoms with Crippen LogP contribution in [-0.2, 0) is 6.42 Å². The van der Waals surface area contributed by atoms with E-state index in [1.807, 2.05) is 11.7 Å². The van der Waals surface area contributed by atoms with Crippen LogP contribution in [0.1, 0.15) is 32.6 Å². The molecule has 1 aromatic rings. The minimum atomic E-state index is 0.321. The fourth-order valence-electron chi connectivity index (χ4n) is 1.56. The molecule has 0 spiro atoms. The molecule has 2 nitrogen and oxygen atoms in total. The molecule has 1 heterocycles. The second kappa shape index (κ2) is 5.61. The molecular weight excluding hydrogens is 204 g/mol. The van der Waals surface area contributed by atoms with Gasteiger partial charge in [-0.3, -0.25) is 4.98 Å². The van der Waals surface area contributed by atoms with Gasteiger partial charge < -0.3 is 5.32 Å². The second-order valence-electron chi connectivity index (χ2n) is 5.33. The van der Waals surface area contributed by atoms with Crippen LogP contribution in [0.4, 0.5) is 0 Å². The van der Waals surface area contributed by atoms with Crippen LogP contribution in [0.3, 0.4) is 0 Å². The lowest BCUT2D eigenvalue weighted by Crippen LogP contribution is -2.33. The van der Waals surface area contributed by atoms with Crippen LogP contribution in [-0.4, -0.2) is 18.1 Å². The fourth-order valence-corrected chi connectivity index (χ4v) is 2.42. The van der Waals surface area contributed by atoms with Crippen molar-refractivity contribution in [3.05, 3.63) is 16.6 Å². The van der Waals surface area contributed by atoms with Crippen molar-refractivity contribution >= 4 is 11.3 Å². The summed E-state index contributed by atoms with van der Waals surface area (Å²) in [5, 5.41) is 3.52. The van der Waals surface area contributed by atoms with Gasteiger partial charge in [-0.1, -0.05) is 27.7 Å². The Morgan fingerprint density at radius 3 is 2.73 bits per heavy atom. The Bertz CT molecular complexity index is 265. The third-order valence-corrected chi connectivity index (χ3v) is 3.07. The summed E-state index contributed by atoms with van der Waals surface area (Å²) in [7, 11) is 0. The standard InChI is InChI=1S/C12H22N2S/c1-10(2)6-13-8-12(3,4)5-11-7-14-9-15-11/h7,9-10,13H,5-6,8H2,1-4H3. The quantitative estimate of drug-likeness (QED) is 0.806. The Balaban J connectivity index is 2.32. The smallest absolute Gasteiger partial charge is 0.0794 e. The minimum Gasteiger partial charge on any atom is -0.316 e. The predicted octanol–water partition coefficient (Wildman–Crippen LogP) is 2.96. The first-order chi connectivity index (χ1) is 6.99. The van der Waals surface area contributed by atoms with Gasteiger partial charge in [0.1, 0.15) is 0 Å². The van der Waals surface area contributed by atoms with Crippen LogP contribution in [0, 0.1) is 11.3 Å². The van der Waals surface area contributed by atoms with Gasteiger partial charge in [-0.15, -0.1) is 11.3 Å². The molecule has 0 amide bonds. The van der Waals surface area contributed by atoms with Gasteiger partial charge >= 0.3 is 0 Å². The molecule has 0 saturated carbocycles. The topological polar surface area (TPSA) is 24.9 Å². The lowest BCUT2D eigenvalue weighted by atomic mass is 9.88. The van der Waals surface area contributed by atoms with Crippen LogP contribution >= 0.6 is 11.3 Å². The van der Waals surface area contributed by atoms with E-state index >= 15 is 0 Å². The number of rotatable bonds is 6. The Labute approximate surface area is 97.1 Å². The number of hydrogen-bond donors (Lipinski definition) is 1. The van der Waals surface area contributed by atoms with Gasteiger partial charge in [0.05, 0.1) is 5.51 Å². The summed E-state index contributed by atoms with van der Waals surface area (Å²) >= 11 is 1.75. The summed E-state index contributed by atoms with van der Waals surface area (Å²) in [6, 6.07) is 0. The van der Waals surface area contributed by atoms with Crippen molar-refractivity contribution in [1.82, 2.24) is 10.3 Å². The molecule has 1 aromatic heterocycles. The van der Waals surface area contributed by atoms with Gasteiger partial charge in [-0.05, 0) is 24.3 Å². The number of nitrogens with zero attached hydrogens (tertiary/aromatic N) is 1. The molecule has 1 rings (SSSR count). The van der Waals surface area contributed by atoms with Crippen molar-refractivity contribution in [3.63, 3.8) is 0 Å². The summed E-state index contributed by atoms with van der Waals surface area (Å²) in [6.07, 6.45) is 3.09. The van der Waals surface area contributed by atoms with E-state index in [9.17, 15) is 0 Å². The van der Waals surface area contributed by atoms with Gasteiger partial charge in [0.25, 0.3) is 0 Å². The number of hydrogen-bond acceptors (Lipinski definition) is 3. The second-order valence-corrected chi connectivity index (χ2v) is 6.30. The van der Waals surface area contributed by atoms with Gasteiger partial charge in [0.15, 0.2) is 0 Å². The van der Waals surface area contributed by atoms with E-state index < -0.39 is 0 Å². The first-order valence-corrected chi connectivity index (χ1v) is 6.46. The van der Waals surface area contributed by atoms with Crippen LogP contribution < -0.4 is 5.32 Å². The molecule has 0 unspecified atom stereocenters. The molecule has 0 fully saturated rings. The molecule has 0 atom stereocenters. The van der Waals surface area contributed by atoms with Gasteiger partial charge in [0, 0.05) is 17.6 Å². The average molecular weight is 226 g/mol. The predicted molar refractivity (Wildman–Crippen MR) is 67.3 cm³/mol. The number of nitrogens with one attached hydrogen (secondary N) is 1.